The van der Waals surface area contributed by atoms with Gasteiger partial charge in [-0.15, -0.1) is 0 Å². The number of halogens is 1. The molecular weight excluding hydrogens is 267 g/mol. The van der Waals surface area contributed by atoms with E-state index in [1.807, 2.05) is 0 Å². The first-order chi connectivity index (χ1) is 9.17. The predicted molar refractivity (Wildman–Crippen MR) is 71.8 cm³/mol. The van der Waals surface area contributed by atoms with Crippen LogP contribution in [0.25, 0.3) is 0 Å². The summed E-state index contributed by atoms with van der Waals surface area (Å²) in [4.78, 5) is 21.2. The molecule has 0 saturated heterocycles. The average molecular weight is 284 g/mol. The highest BCUT2D eigenvalue weighted by atomic mass is 19.1. The number of hydrogen-bond acceptors (Lipinski definition) is 4. The van der Waals surface area contributed by atoms with Gasteiger partial charge in [0.25, 0.3) is 0 Å². The molecule has 0 bridgehead atoms. The van der Waals surface area contributed by atoms with Crippen LogP contribution < -0.4 is 5.32 Å². The van der Waals surface area contributed by atoms with Crippen molar-refractivity contribution in [1.29, 1.82) is 0 Å². The molecule has 0 aliphatic heterocycles. The van der Waals surface area contributed by atoms with Gasteiger partial charge in [-0.1, -0.05) is 6.07 Å². The van der Waals surface area contributed by atoms with E-state index in [2.05, 4.69) is 5.32 Å². The van der Waals surface area contributed by atoms with Crippen molar-refractivity contribution in [2.75, 3.05) is 11.9 Å². The molecule has 1 N–H and O–H groups in total. The molecule has 0 aromatic heterocycles. The lowest BCUT2D eigenvalue weighted by Crippen LogP contribution is -2.27. The molecule has 0 aliphatic rings. The van der Waals surface area contributed by atoms with Gasteiger partial charge in [0.05, 0.1) is 0 Å². The Morgan fingerprint density at radius 2 is 2.10 bits per heavy atom. The Morgan fingerprint density at radius 3 is 2.60 bits per heavy atom. The minimum Gasteiger partial charge on any atom is -0.444 e. The molecule has 0 unspecified atom stereocenters. The van der Waals surface area contributed by atoms with Crippen LogP contribution in [0.15, 0.2) is 18.2 Å². The average Bonchev–Trinajstić information content (AvgIpc) is 2.24. The van der Waals surface area contributed by atoms with E-state index in [0.717, 1.165) is 6.07 Å². The maximum absolute atomic E-state index is 13.7. The Kier molecular flexibility index (Phi) is 5.01. The zero-order chi connectivity index (χ0) is 15.3. The second-order valence-electron chi connectivity index (χ2n) is 5.24. The lowest BCUT2D eigenvalue weighted by Gasteiger charge is -2.19. The second-order valence-corrected chi connectivity index (χ2v) is 5.24. The van der Waals surface area contributed by atoms with Crippen molar-refractivity contribution in [3.8, 4) is 0 Å². The molecule has 110 valence electrons. The van der Waals surface area contributed by atoms with E-state index in [4.69, 9.17) is 4.74 Å². The first kappa shape index (κ1) is 15.9. The molecule has 1 rings (SSSR count). The van der Waals surface area contributed by atoms with Gasteiger partial charge >= 0.3 is 6.09 Å². The summed E-state index contributed by atoms with van der Waals surface area (Å²) in [6.45, 7) is 4.81. The zero-order valence-electron chi connectivity index (χ0n) is 11.6. The summed E-state index contributed by atoms with van der Waals surface area (Å²) in [7, 11) is 0. The Hall–Kier alpha value is -2.18. The fourth-order valence-corrected chi connectivity index (χ4v) is 1.46. The number of amides is 1. The van der Waals surface area contributed by atoms with E-state index < -0.39 is 22.4 Å². The Bertz CT molecular complexity index is 512. The van der Waals surface area contributed by atoms with Crippen molar-refractivity contribution < 1.29 is 18.8 Å². The van der Waals surface area contributed by atoms with Gasteiger partial charge < -0.3 is 4.74 Å². The van der Waals surface area contributed by atoms with Crippen LogP contribution in [0.2, 0.25) is 0 Å². The summed E-state index contributed by atoms with van der Waals surface area (Å²) in [6, 6.07) is 3.99. The SMILES string of the molecule is CC(C)(C)OC(=O)Nc1ccc(CC[N+](=O)[O-])c(F)c1. The molecule has 0 fully saturated rings. The van der Waals surface area contributed by atoms with Gasteiger partial charge in [0.1, 0.15) is 11.4 Å². The molecule has 1 amide bonds. The van der Waals surface area contributed by atoms with Crippen LogP contribution >= 0.6 is 0 Å². The second kappa shape index (κ2) is 6.31. The van der Waals surface area contributed by atoms with Gasteiger partial charge in [-0.2, -0.15) is 0 Å². The van der Waals surface area contributed by atoms with E-state index in [-0.39, 0.29) is 24.2 Å². The number of nitro groups is 1. The van der Waals surface area contributed by atoms with E-state index in [0.29, 0.717) is 0 Å². The molecule has 6 nitrogen and oxygen atoms in total. The first-order valence-corrected chi connectivity index (χ1v) is 6.07. The van der Waals surface area contributed by atoms with Gasteiger partial charge in [0.2, 0.25) is 6.54 Å². The first-order valence-electron chi connectivity index (χ1n) is 6.07. The lowest BCUT2D eigenvalue weighted by atomic mass is 10.1. The maximum Gasteiger partial charge on any atom is 0.412 e. The minimum absolute atomic E-state index is 0.00551. The van der Waals surface area contributed by atoms with Crippen molar-refractivity contribution in [1.82, 2.24) is 0 Å². The third-order valence-electron chi connectivity index (χ3n) is 2.26. The lowest BCUT2D eigenvalue weighted by molar-refractivity contribution is -0.479. The number of nitrogens with one attached hydrogen (secondary N) is 1. The van der Waals surface area contributed by atoms with Crippen LogP contribution in [-0.4, -0.2) is 23.2 Å². The highest BCUT2D eigenvalue weighted by Gasteiger charge is 2.16. The summed E-state index contributed by atoms with van der Waals surface area (Å²) in [5, 5.41) is 12.6. The van der Waals surface area contributed by atoms with Gasteiger partial charge in [0.15, 0.2) is 0 Å². The predicted octanol–water partition coefficient (Wildman–Crippen LogP) is 2.99. The number of carbonyl (C=O) groups is 1. The van der Waals surface area contributed by atoms with Crippen LogP contribution in [0.5, 0.6) is 0 Å². The number of carbonyl (C=O) groups excluding carboxylic acids is 1. The van der Waals surface area contributed by atoms with Gasteiger partial charge in [-0.05, 0) is 38.5 Å². The Morgan fingerprint density at radius 1 is 1.45 bits per heavy atom. The van der Waals surface area contributed by atoms with Crippen molar-refractivity contribution in [2.45, 2.75) is 32.8 Å². The van der Waals surface area contributed by atoms with Crippen molar-refractivity contribution in [3.05, 3.63) is 39.7 Å². The van der Waals surface area contributed by atoms with Crippen LogP contribution in [0.3, 0.4) is 0 Å². The van der Waals surface area contributed by atoms with Crippen LogP contribution in [0.4, 0.5) is 14.9 Å². The Balaban J connectivity index is 2.67. The number of benzene rings is 1. The fourth-order valence-electron chi connectivity index (χ4n) is 1.46. The van der Waals surface area contributed by atoms with E-state index in [1.54, 1.807) is 20.8 Å². The number of ether oxygens (including phenoxy) is 1. The quantitative estimate of drug-likeness (QED) is 0.680. The number of hydrogen-bond donors (Lipinski definition) is 1. The molecule has 0 radical (unpaired) electrons. The van der Waals surface area contributed by atoms with Gasteiger partial charge in [0, 0.05) is 17.0 Å². The van der Waals surface area contributed by atoms with Crippen LogP contribution in [0.1, 0.15) is 26.3 Å². The van der Waals surface area contributed by atoms with Crippen LogP contribution in [-0.2, 0) is 11.2 Å². The summed E-state index contributed by atoms with van der Waals surface area (Å²) in [5.41, 5.74) is -0.174. The van der Waals surface area contributed by atoms with Gasteiger partial charge in [-0.25, -0.2) is 9.18 Å². The topological polar surface area (TPSA) is 81.5 Å². The maximum atomic E-state index is 13.7. The molecule has 7 heteroatoms. The van der Waals surface area contributed by atoms with E-state index >= 15 is 0 Å². The Labute approximate surface area is 116 Å². The summed E-state index contributed by atoms with van der Waals surface area (Å²) < 4.78 is 18.7. The molecule has 0 spiro atoms. The summed E-state index contributed by atoms with van der Waals surface area (Å²) >= 11 is 0. The molecule has 0 aliphatic carbocycles. The monoisotopic (exact) mass is 284 g/mol. The van der Waals surface area contributed by atoms with Crippen molar-refractivity contribution in [2.24, 2.45) is 0 Å². The molecule has 0 atom stereocenters. The number of anilines is 1. The zero-order valence-corrected chi connectivity index (χ0v) is 11.6. The smallest absolute Gasteiger partial charge is 0.412 e. The third kappa shape index (κ3) is 5.64. The van der Waals surface area contributed by atoms with Crippen LogP contribution in [0, 0.1) is 15.9 Å². The summed E-state index contributed by atoms with van der Waals surface area (Å²) in [6.07, 6.45) is -0.680. The summed E-state index contributed by atoms with van der Waals surface area (Å²) in [5.74, 6) is -0.597. The van der Waals surface area contributed by atoms with Gasteiger partial charge in [-0.3, -0.25) is 15.4 Å². The molecule has 0 heterocycles. The molecular formula is C13H17FN2O4. The van der Waals surface area contributed by atoms with Crippen molar-refractivity contribution >= 4 is 11.8 Å². The van der Waals surface area contributed by atoms with E-state index in [9.17, 15) is 19.3 Å². The molecule has 1 aromatic carbocycles. The molecule has 1 aromatic rings. The molecule has 0 saturated carbocycles. The largest absolute Gasteiger partial charge is 0.444 e. The number of nitrogens with zero attached hydrogens (tertiary/aromatic N) is 1. The highest BCUT2D eigenvalue weighted by Crippen LogP contribution is 2.16. The third-order valence-corrected chi connectivity index (χ3v) is 2.26. The highest BCUT2D eigenvalue weighted by molar-refractivity contribution is 5.84. The standard InChI is InChI=1S/C13H17FN2O4/c1-13(2,3)20-12(17)15-10-5-4-9(11(14)8-10)6-7-16(18)19/h4-5,8H,6-7H2,1-3H3,(H,15,17). The number of rotatable bonds is 4. The normalized spacial score (nSPS) is 11.0. The minimum atomic E-state index is -0.685. The molecule has 20 heavy (non-hydrogen) atoms. The fraction of sp³-hybridized carbons (Fsp3) is 0.462. The van der Waals surface area contributed by atoms with Crippen molar-refractivity contribution in [3.63, 3.8) is 0 Å². The van der Waals surface area contributed by atoms with E-state index in [1.165, 1.54) is 12.1 Å².